The van der Waals surface area contributed by atoms with E-state index < -0.39 is 0 Å². The maximum Gasteiger partial charge on any atom is 0.255 e. The molecule has 4 nitrogen and oxygen atoms in total. The second-order valence-electron chi connectivity index (χ2n) is 6.09. The lowest BCUT2D eigenvalue weighted by atomic mass is 10.1. The van der Waals surface area contributed by atoms with Crippen molar-refractivity contribution in [1.82, 2.24) is 9.38 Å². The van der Waals surface area contributed by atoms with Gasteiger partial charge in [0.2, 0.25) is 0 Å². The summed E-state index contributed by atoms with van der Waals surface area (Å²) in [6, 6.07) is 19.3. The molecule has 0 unspecified atom stereocenters. The van der Waals surface area contributed by atoms with E-state index >= 15 is 0 Å². The molecule has 0 bridgehead atoms. The van der Waals surface area contributed by atoms with E-state index in [9.17, 15) is 4.79 Å². The average Bonchev–Trinajstić information content (AvgIpc) is 3.08. The van der Waals surface area contributed by atoms with Crippen LogP contribution in [0.5, 0.6) is 0 Å². The molecule has 128 valence electrons. The fourth-order valence-corrected chi connectivity index (χ4v) is 3.43. The number of imidazole rings is 1. The summed E-state index contributed by atoms with van der Waals surface area (Å²) in [6.07, 6.45) is 3.99. The molecule has 0 aliphatic carbocycles. The van der Waals surface area contributed by atoms with Gasteiger partial charge in [-0.2, -0.15) is 0 Å². The summed E-state index contributed by atoms with van der Waals surface area (Å²) in [7, 11) is 0. The van der Waals surface area contributed by atoms with Gasteiger partial charge in [-0.05, 0) is 71.5 Å². The first kappa shape index (κ1) is 16.8. The van der Waals surface area contributed by atoms with Gasteiger partial charge in [0.15, 0.2) is 0 Å². The highest BCUT2D eigenvalue weighted by Crippen LogP contribution is 2.24. The highest BCUT2D eigenvalue weighted by molar-refractivity contribution is 14.1. The van der Waals surface area contributed by atoms with Crippen molar-refractivity contribution >= 4 is 39.8 Å². The van der Waals surface area contributed by atoms with Gasteiger partial charge in [-0.3, -0.25) is 4.79 Å². The molecule has 26 heavy (non-hydrogen) atoms. The van der Waals surface area contributed by atoms with Crippen molar-refractivity contribution in [3.63, 3.8) is 0 Å². The Hall–Kier alpha value is -2.67. The third-order valence-corrected chi connectivity index (χ3v) is 4.85. The number of halogens is 1. The molecule has 2 aromatic carbocycles. The molecule has 0 fully saturated rings. The van der Waals surface area contributed by atoms with E-state index in [1.54, 1.807) is 0 Å². The Kier molecular flexibility index (Phi) is 4.46. The summed E-state index contributed by atoms with van der Waals surface area (Å²) in [5, 5.41) is 2.96. The van der Waals surface area contributed by atoms with Crippen molar-refractivity contribution < 1.29 is 4.79 Å². The van der Waals surface area contributed by atoms with Gasteiger partial charge in [0.1, 0.15) is 5.65 Å². The molecule has 0 atom stereocenters. The number of pyridine rings is 1. The third-order valence-electron chi connectivity index (χ3n) is 4.18. The van der Waals surface area contributed by atoms with Gasteiger partial charge >= 0.3 is 0 Å². The van der Waals surface area contributed by atoms with E-state index in [0.29, 0.717) is 5.56 Å². The maximum atomic E-state index is 12.5. The van der Waals surface area contributed by atoms with Crippen molar-refractivity contribution in [3.8, 4) is 11.3 Å². The lowest BCUT2D eigenvalue weighted by molar-refractivity contribution is 0.102. The molecule has 4 rings (SSSR count). The molecule has 0 aliphatic heterocycles. The minimum atomic E-state index is -0.119. The van der Waals surface area contributed by atoms with Gasteiger partial charge < -0.3 is 9.72 Å². The minimum absolute atomic E-state index is 0.119. The number of amides is 1. The van der Waals surface area contributed by atoms with Crippen LogP contribution in [0.1, 0.15) is 15.9 Å². The largest absolute Gasteiger partial charge is 0.322 e. The van der Waals surface area contributed by atoms with Gasteiger partial charge in [0.05, 0.1) is 5.69 Å². The quantitative estimate of drug-likeness (QED) is 0.436. The lowest BCUT2D eigenvalue weighted by Crippen LogP contribution is -2.11. The SMILES string of the molecule is Cc1cccn2cc(-c3cccc(NC(=O)c4cccc(I)c4)c3)nc12. The molecule has 0 spiro atoms. The zero-order valence-corrected chi connectivity index (χ0v) is 16.3. The smallest absolute Gasteiger partial charge is 0.255 e. The summed E-state index contributed by atoms with van der Waals surface area (Å²) >= 11 is 2.20. The Balaban J connectivity index is 1.64. The Morgan fingerprint density at radius 3 is 2.73 bits per heavy atom. The van der Waals surface area contributed by atoms with E-state index in [4.69, 9.17) is 4.98 Å². The molecule has 2 heterocycles. The third kappa shape index (κ3) is 3.35. The first-order valence-corrected chi connectivity index (χ1v) is 9.30. The Bertz CT molecular complexity index is 1120. The van der Waals surface area contributed by atoms with Crippen LogP contribution in [0.3, 0.4) is 0 Å². The fraction of sp³-hybridized carbons (Fsp3) is 0.0476. The predicted octanol–water partition coefficient (Wildman–Crippen LogP) is 5.17. The van der Waals surface area contributed by atoms with Crippen LogP contribution < -0.4 is 5.32 Å². The summed E-state index contributed by atoms with van der Waals surface area (Å²) in [6.45, 7) is 2.05. The van der Waals surface area contributed by atoms with E-state index in [2.05, 4.69) is 27.9 Å². The van der Waals surface area contributed by atoms with E-state index in [1.165, 1.54) is 0 Å². The molecule has 0 aliphatic rings. The van der Waals surface area contributed by atoms with Gasteiger partial charge in [-0.15, -0.1) is 0 Å². The number of fused-ring (bicyclic) bond motifs is 1. The lowest BCUT2D eigenvalue weighted by Gasteiger charge is -2.07. The summed E-state index contributed by atoms with van der Waals surface area (Å²) in [5.41, 5.74) is 5.31. The van der Waals surface area contributed by atoms with Crippen molar-refractivity contribution in [2.24, 2.45) is 0 Å². The number of hydrogen-bond donors (Lipinski definition) is 1. The number of nitrogens with one attached hydrogen (secondary N) is 1. The van der Waals surface area contributed by atoms with Crippen LogP contribution in [0.4, 0.5) is 5.69 Å². The molecule has 1 amide bonds. The van der Waals surface area contributed by atoms with Crippen LogP contribution >= 0.6 is 22.6 Å². The number of rotatable bonds is 3. The summed E-state index contributed by atoms with van der Waals surface area (Å²) in [5.74, 6) is -0.119. The van der Waals surface area contributed by atoms with Gasteiger partial charge in [0.25, 0.3) is 5.91 Å². The standard InChI is InChI=1S/C21H16IN3O/c1-14-5-4-10-25-13-19(24-20(14)25)15-6-3-9-18(12-15)23-21(26)16-7-2-8-17(22)11-16/h2-13H,1H3,(H,23,26). The topological polar surface area (TPSA) is 46.4 Å². The molecule has 4 aromatic rings. The van der Waals surface area contributed by atoms with Crippen LogP contribution in [0, 0.1) is 10.5 Å². The van der Waals surface area contributed by atoms with Crippen LogP contribution in [0.15, 0.2) is 73.1 Å². The molecular weight excluding hydrogens is 437 g/mol. The van der Waals surface area contributed by atoms with Crippen molar-refractivity contribution in [1.29, 1.82) is 0 Å². The molecule has 0 saturated carbocycles. The van der Waals surface area contributed by atoms with E-state index in [-0.39, 0.29) is 5.91 Å². The number of benzene rings is 2. The van der Waals surface area contributed by atoms with Crippen molar-refractivity contribution in [2.45, 2.75) is 6.92 Å². The molecule has 5 heteroatoms. The Morgan fingerprint density at radius 1 is 1.08 bits per heavy atom. The summed E-state index contributed by atoms with van der Waals surface area (Å²) < 4.78 is 3.05. The van der Waals surface area contributed by atoms with Crippen LogP contribution in [0.25, 0.3) is 16.9 Å². The Labute approximate surface area is 165 Å². The molecule has 0 saturated heterocycles. The maximum absolute atomic E-state index is 12.5. The van der Waals surface area contributed by atoms with Crippen LogP contribution in [0.2, 0.25) is 0 Å². The number of nitrogens with zero attached hydrogens (tertiary/aromatic N) is 2. The minimum Gasteiger partial charge on any atom is -0.322 e. The Morgan fingerprint density at radius 2 is 1.92 bits per heavy atom. The number of aromatic nitrogens is 2. The van der Waals surface area contributed by atoms with E-state index in [1.807, 2.05) is 84.4 Å². The first-order valence-electron chi connectivity index (χ1n) is 8.22. The van der Waals surface area contributed by atoms with Crippen LogP contribution in [-0.4, -0.2) is 15.3 Å². The second kappa shape index (κ2) is 6.92. The normalized spacial score (nSPS) is 10.8. The van der Waals surface area contributed by atoms with Crippen molar-refractivity contribution in [2.75, 3.05) is 5.32 Å². The second-order valence-corrected chi connectivity index (χ2v) is 7.34. The van der Waals surface area contributed by atoms with E-state index in [0.717, 1.165) is 31.7 Å². The molecule has 0 radical (unpaired) electrons. The summed E-state index contributed by atoms with van der Waals surface area (Å²) in [4.78, 5) is 17.2. The number of carbonyl (C=O) groups excluding carboxylic acids is 1. The zero-order chi connectivity index (χ0) is 18.1. The number of anilines is 1. The predicted molar refractivity (Wildman–Crippen MR) is 112 cm³/mol. The fourth-order valence-electron chi connectivity index (χ4n) is 2.88. The van der Waals surface area contributed by atoms with Crippen molar-refractivity contribution in [3.05, 3.63) is 87.8 Å². The molecule has 1 N–H and O–H groups in total. The van der Waals surface area contributed by atoms with Crippen LogP contribution in [-0.2, 0) is 0 Å². The highest BCUT2D eigenvalue weighted by atomic mass is 127. The average molecular weight is 453 g/mol. The molecule has 2 aromatic heterocycles. The van der Waals surface area contributed by atoms with Gasteiger partial charge in [-0.25, -0.2) is 4.98 Å². The number of aryl methyl sites for hydroxylation is 1. The zero-order valence-electron chi connectivity index (χ0n) is 14.1. The van der Waals surface area contributed by atoms with Gasteiger partial charge in [0, 0.05) is 32.8 Å². The number of carbonyl (C=O) groups is 1. The number of hydrogen-bond acceptors (Lipinski definition) is 2. The first-order chi connectivity index (χ1) is 12.6. The highest BCUT2D eigenvalue weighted by Gasteiger charge is 2.09. The van der Waals surface area contributed by atoms with Gasteiger partial charge in [-0.1, -0.05) is 24.3 Å². The monoisotopic (exact) mass is 453 g/mol. The molecular formula is C21H16IN3O.